The molecule has 0 unspecified atom stereocenters. The van der Waals surface area contributed by atoms with Crippen LogP contribution in [-0.2, 0) is 19.4 Å². The predicted octanol–water partition coefficient (Wildman–Crippen LogP) is 3.05. The van der Waals surface area contributed by atoms with Crippen molar-refractivity contribution < 1.29 is 8.78 Å². The number of unbranched alkanes of at least 4 members (excludes halogenated alkanes) is 1. The van der Waals surface area contributed by atoms with Gasteiger partial charge in [0.1, 0.15) is 5.82 Å². The summed E-state index contributed by atoms with van der Waals surface area (Å²) in [5, 5.41) is 8.46. The molecule has 9 heteroatoms. The molecular weight excluding hydrogens is 364 g/mol. The van der Waals surface area contributed by atoms with E-state index in [0.29, 0.717) is 35.8 Å². The summed E-state index contributed by atoms with van der Waals surface area (Å²) in [7, 11) is 0. The van der Waals surface area contributed by atoms with E-state index in [2.05, 4.69) is 32.2 Å². The third kappa shape index (κ3) is 3.93. The molecule has 0 bridgehead atoms. The Labute approximate surface area is 161 Å². The third-order valence-electron chi connectivity index (χ3n) is 4.95. The van der Waals surface area contributed by atoms with Crippen molar-refractivity contribution >= 4 is 17.0 Å². The summed E-state index contributed by atoms with van der Waals surface area (Å²) in [4.78, 5) is 15.0. The van der Waals surface area contributed by atoms with Gasteiger partial charge in [0.25, 0.3) is 5.92 Å². The van der Waals surface area contributed by atoms with Gasteiger partial charge in [-0.1, -0.05) is 24.6 Å². The molecule has 1 fully saturated rings. The highest BCUT2D eigenvalue weighted by molar-refractivity contribution is 5.83. The first-order valence-corrected chi connectivity index (χ1v) is 9.67. The number of aromatic nitrogens is 6. The average molecular weight is 387 g/mol. The van der Waals surface area contributed by atoms with Crippen LogP contribution in [0, 0.1) is 0 Å². The van der Waals surface area contributed by atoms with Gasteiger partial charge in [-0.25, -0.2) is 23.4 Å². The lowest BCUT2D eigenvalue weighted by Crippen LogP contribution is -2.26. The van der Waals surface area contributed by atoms with Crippen LogP contribution in [0.25, 0.3) is 11.2 Å². The molecule has 0 amide bonds. The number of pyridine rings is 1. The Kier molecular flexibility index (Phi) is 5.15. The first kappa shape index (κ1) is 18.6. The van der Waals surface area contributed by atoms with Crippen LogP contribution in [0.2, 0.25) is 0 Å². The van der Waals surface area contributed by atoms with Crippen molar-refractivity contribution in [3.63, 3.8) is 0 Å². The Hall–Kier alpha value is -2.71. The maximum Gasteiger partial charge on any atom is 0.266 e. The van der Waals surface area contributed by atoms with Crippen LogP contribution < -0.4 is 4.90 Å². The van der Waals surface area contributed by atoms with Crippen LogP contribution in [-0.4, -0.2) is 49.0 Å². The normalized spacial score (nSPS) is 16.2. The highest BCUT2D eigenvalue weighted by Gasteiger charge is 2.40. The zero-order valence-electron chi connectivity index (χ0n) is 15.9. The van der Waals surface area contributed by atoms with E-state index in [-0.39, 0.29) is 19.5 Å². The monoisotopic (exact) mass is 387 g/mol. The van der Waals surface area contributed by atoms with Crippen LogP contribution in [0.15, 0.2) is 24.5 Å². The Morgan fingerprint density at radius 3 is 2.82 bits per heavy atom. The Morgan fingerprint density at radius 1 is 1.21 bits per heavy atom. The van der Waals surface area contributed by atoms with Crippen molar-refractivity contribution in [2.75, 3.05) is 18.0 Å². The van der Waals surface area contributed by atoms with Crippen molar-refractivity contribution in [1.29, 1.82) is 0 Å². The van der Waals surface area contributed by atoms with Crippen molar-refractivity contribution in [3.8, 4) is 0 Å². The second kappa shape index (κ2) is 7.73. The molecule has 0 spiro atoms. The highest BCUT2D eigenvalue weighted by atomic mass is 19.3. The van der Waals surface area contributed by atoms with E-state index in [1.807, 2.05) is 18.3 Å². The van der Waals surface area contributed by atoms with Crippen molar-refractivity contribution in [2.45, 2.75) is 51.5 Å². The number of alkyl halides is 2. The molecule has 0 aromatic carbocycles. The summed E-state index contributed by atoms with van der Waals surface area (Å²) in [5.74, 6) is -1.57. The second-order valence-corrected chi connectivity index (χ2v) is 7.19. The summed E-state index contributed by atoms with van der Waals surface area (Å²) in [6.45, 7) is 2.60. The fourth-order valence-corrected chi connectivity index (χ4v) is 3.40. The van der Waals surface area contributed by atoms with Gasteiger partial charge in [0.2, 0.25) is 0 Å². The van der Waals surface area contributed by atoms with Gasteiger partial charge in [0.15, 0.2) is 17.0 Å². The van der Waals surface area contributed by atoms with E-state index < -0.39 is 5.92 Å². The fourth-order valence-electron chi connectivity index (χ4n) is 3.40. The van der Waals surface area contributed by atoms with E-state index in [1.54, 1.807) is 15.8 Å². The largest absolute Gasteiger partial charge is 0.348 e. The molecule has 7 nitrogen and oxygen atoms in total. The molecule has 0 N–H and O–H groups in total. The summed E-state index contributed by atoms with van der Waals surface area (Å²) >= 11 is 0. The van der Waals surface area contributed by atoms with E-state index >= 15 is 0 Å². The smallest absolute Gasteiger partial charge is 0.266 e. The minimum Gasteiger partial charge on any atom is -0.348 e. The molecule has 28 heavy (non-hydrogen) atoms. The molecule has 0 atom stereocenters. The van der Waals surface area contributed by atoms with Crippen LogP contribution in [0.4, 0.5) is 14.6 Å². The molecule has 3 aromatic rings. The Balaban J connectivity index is 1.67. The summed E-state index contributed by atoms with van der Waals surface area (Å²) in [6, 6.07) is 3.90. The van der Waals surface area contributed by atoms with Gasteiger partial charge < -0.3 is 4.90 Å². The number of nitrogens with zero attached hydrogens (tertiary/aromatic N) is 7. The molecule has 4 rings (SSSR count). The lowest BCUT2D eigenvalue weighted by molar-refractivity contribution is 0.0257. The first-order chi connectivity index (χ1) is 13.6. The summed E-state index contributed by atoms with van der Waals surface area (Å²) < 4.78 is 29.3. The number of hydrogen-bond donors (Lipinski definition) is 0. The molecular formula is C19H23F2N7. The minimum absolute atomic E-state index is 0.169. The molecule has 4 heterocycles. The minimum atomic E-state index is -2.70. The second-order valence-electron chi connectivity index (χ2n) is 7.19. The molecule has 1 aliphatic heterocycles. The maximum absolute atomic E-state index is 13.8. The number of halogens is 2. The molecule has 1 saturated heterocycles. The molecule has 0 radical (unpaired) electrons. The summed E-state index contributed by atoms with van der Waals surface area (Å²) in [5.41, 5.74) is 2.19. The molecule has 0 saturated carbocycles. The van der Waals surface area contributed by atoms with Crippen LogP contribution in [0.3, 0.4) is 0 Å². The van der Waals surface area contributed by atoms with Gasteiger partial charge in [-0.2, -0.15) is 0 Å². The summed E-state index contributed by atoms with van der Waals surface area (Å²) in [6.07, 6.45) is 6.78. The number of hydrogen-bond acceptors (Lipinski definition) is 6. The molecule has 3 aromatic heterocycles. The first-order valence-electron chi connectivity index (χ1n) is 9.67. The maximum atomic E-state index is 13.8. The number of rotatable bonds is 7. The molecule has 1 aliphatic rings. The molecule has 0 aliphatic carbocycles. The molecule has 148 valence electrons. The van der Waals surface area contributed by atoms with Crippen molar-refractivity contribution in [1.82, 2.24) is 29.9 Å². The third-order valence-corrected chi connectivity index (χ3v) is 4.95. The van der Waals surface area contributed by atoms with Gasteiger partial charge in [-0.05, 0) is 24.5 Å². The number of aryl methyl sites for hydroxylation is 3. The lowest BCUT2D eigenvalue weighted by atomic mass is 10.2. The quantitative estimate of drug-likeness (QED) is 0.620. The van der Waals surface area contributed by atoms with Crippen molar-refractivity contribution in [3.05, 3.63) is 35.9 Å². The van der Waals surface area contributed by atoms with Gasteiger partial charge in [-0.3, -0.25) is 4.98 Å². The lowest BCUT2D eigenvalue weighted by Gasteiger charge is -2.18. The van der Waals surface area contributed by atoms with Gasteiger partial charge in [0.05, 0.1) is 6.54 Å². The Morgan fingerprint density at radius 2 is 2.11 bits per heavy atom. The van der Waals surface area contributed by atoms with Crippen LogP contribution in [0.5, 0.6) is 0 Å². The van der Waals surface area contributed by atoms with E-state index in [9.17, 15) is 8.78 Å². The highest BCUT2D eigenvalue weighted by Crippen LogP contribution is 2.32. The predicted molar refractivity (Wildman–Crippen MR) is 101 cm³/mol. The van der Waals surface area contributed by atoms with Crippen LogP contribution >= 0.6 is 0 Å². The Bertz CT molecular complexity index is 942. The van der Waals surface area contributed by atoms with Gasteiger partial charge in [0, 0.05) is 38.3 Å². The standard InChI is InChI=1S/C19H23F2N7/c1-2-3-6-15-23-17(27-11-8-19(20,21)13-27)16-18(24-15)28(26-25-16)10-7-14-5-4-9-22-12-14/h4-5,9,12H,2-3,6-8,10-11,13H2,1H3. The zero-order valence-corrected chi connectivity index (χ0v) is 15.9. The van der Waals surface area contributed by atoms with E-state index in [4.69, 9.17) is 0 Å². The van der Waals surface area contributed by atoms with Crippen molar-refractivity contribution in [2.24, 2.45) is 0 Å². The fraction of sp³-hybridized carbons (Fsp3) is 0.526. The average Bonchev–Trinajstić information content (AvgIpc) is 3.27. The topological polar surface area (TPSA) is 72.6 Å². The number of fused-ring (bicyclic) bond motifs is 1. The SMILES string of the molecule is CCCCc1nc(N2CCC(F)(F)C2)c2nnn(CCc3cccnc3)c2n1. The van der Waals surface area contributed by atoms with E-state index in [0.717, 1.165) is 24.8 Å². The van der Waals surface area contributed by atoms with Crippen LogP contribution in [0.1, 0.15) is 37.6 Å². The van der Waals surface area contributed by atoms with Gasteiger partial charge >= 0.3 is 0 Å². The van der Waals surface area contributed by atoms with Gasteiger partial charge in [-0.15, -0.1) is 5.10 Å². The van der Waals surface area contributed by atoms with E-state index in [1.165, 1.54) is 0 Å². The number of anilines is 1. The zero-order chi connectivity index (χ0) is 19.6.